The molecule has 1 unspecified atom stereocenters. The number of nitrogens with two attached hydrogens (primary N) is 1. The van der Waals surface area contributed by atoms with Crippen molar-refractivity contribution in [2.24, 2.45) is 10.1 Å². The van der Waals surface area contributed by atoms with Gasteiger partial charge in [-0.25, -0.2) is 13.6 Å². The van der Waals surface area contributed by atoms with Crippen LogP contribution in [0.4, 0.5) is 0 Å². The lowest BCUT2D eigenvalue weighted by Gasteiger charge is -2.42. The number of aliphatic imine (C=N–C) groups is 1. The molecule has 2 fully saturated rings. The monoisotopic (exact) mass is 560 g/mol. The topological polar surface area (TPSA) is 109 Å². The van der Waals surface area contributed by atoms with E-state index in [-0.39, 0.29) is 32.9 Å². The van der Waals surface area contributed by atoms with Gasteiger partial charge in [0.1, 0.15) is 4.90 Å². The summed E-state index contributed by atoms with van der Waals surface area (Å²) < 4.78 is 24.0. The standard InChI is InChI=1S/C21H25ClN4O3S2.BrH/c22-18-9-8-16(11-19(18)31(23,28)29)21(27)14-30-20(25-13-15-5-4-10-24-12-15)26(21)17-6-2-1-3-7-17;/h4-5,8-12,17,27H,1-3,6-7,13-14H2,(H2,23,28,29);1H. The van der Waals surface area contributed by atoms with Gasteiger partial charge in [-0.05, 0) is 36.6 Å². The number of hydrogen-bond donors (Lipinski definition) is 2. The number of hydrogen-bond acceptors (Lipinski definition) is 6. The molecular formula is C21H26BrClN4O3S2. The zero-order valence-electron chi connectivity index (χ0n) is 17.4. The number of thioether (sulfide) groups is 1. The fraction of sp³-hybridized carbons (Fsp3) is 0.429. The predicted octanol–water partition coefficient (Wildman–Crippen LogP) is 4.04. The third-order valence-corrected chi connectivity index (χ3v) is 8.29. The molecule has 2 aromatic rings. The highest BCUT2D eigenvalue weighted by Crippen LogP contribution is 2.44. The lowest BCUT2D eigenvalue weighted by Crippen LogP contribution is -2.51. The van der Waals surface area contributed by atoms with Gasteiger partial charge in [0.05, 0.1) is 17.3 Å². The number of rotatable bonds is 5. The van der Waals surface area contributed by atoms with E-state index in [1.54, 1.807) is 18.5 Å². The molecule has 4 rings (SSSR count). The fourth-order valence-electron chi connectivity index (χ4n) is 4.23. The van der Waals surface area contributed by atoms with E-state index in [2.05, 4.69) is 4.98 Å². The minimum absolute atomic E-state index is 0. The van der Waals surface area contributed by atoms with Crippen LogP contribution in [0.3, 0.4) is 0 Å². The second-order valence-electron chi connectivity index (χ2n) is 7.92. The molecule has 2 aliphatic rings. The molecule has 0 amide bonds. The maximum Gasteiger partial charge on any atom is 0.239 e. The van der Waals surface area contributed by atoms with E-state index in [1.807, 2.05) is 17.0 Å². The Morgan fingerprint density at radius 1 is 1.28 bits per heavy atom. The molecule has 1 saturated carbocycles. The van der Waals surface area contributed by atoms with Crippen molar-refractivity contribution < 1.29 is 13.5 Å². The van der Waals surface area contributed by atoms with Crippen LogP contribution in [0.2, 0.25) is 5.02 Å². The molecule has 1 saturated heterocycles. The van der Waals surface area contributed by atoms with E-state index in [4.69, 9.17) is 21.7 Å². The van der Waals surface area contributed by atoms with Crippen LogP contribution in [0.15, 0.2) is 52.6 Å². The van der Waals surface area contributed by atoms with Crippen LogP contribution < -0.4 is 5.14 Å². The number of primary sulfonamides is 1. The quantitative estimate of drug-likeness (QED) is 0.570. The van der Waals surface area contributed by atoms with Crippen LogP contribution in [0.1, 0.15) is 43.2 Å². The molecule has 2 heterocycles. The molecule has 1 aromatic carbocycles. The zero-order valence-corrected chi connectivity index (χ0v) is 21.5. The Hall–Kier alpha value is -1.17. The summed E-state index contributed by atoms with van der Waals surface area (Å²) in [6.07, 6.45) is 8.74. The minimum atomic E-state index is -4.02. The Kier molecular flexibility index (Phi) is 8.27. The van der Waals surface area contributed by atoms with Gasteiger partial charge in [-0.15, -0.1) is 17.0 Å². The van der Waals surface area contributed by atoms with Crippen LogP contribution in [0.5, 0.6) is 0 Å². The Balaban J connectivity index is 0.00000289. The Bertz CT molecular complexity index is 1080. The predicted molar refractivity (Wildman–Crippen MR) is 134 cm³/mol. The fourth-order valence-corrected chi connectivity index (χ4v) is 6.53. The average Bonchev–Trinajstić information content (AvgIpc) is 3.10. The zero-order chi connectivity index (χ0) is 22.1. The maximum absolute atomic E-state index is 12.0. The Labute approximate surface area is 208 Å². The first-order valence-electron chi connectivity index (χ1n) is 10.2. The first-order chi connectivity index (χ1) is 14.8. The number of amidine groups is 1. The number of halogens is 2. The van der Waals surface area contributed by atoms with E-state index in [1.165, 1.54) is 30.3 Å². The van der Waals surface area contributed by atoms with Gasteiger partial charge in [-0.2, -0.15) is 0 Å². The summed E-state index contributed by atoms with van der Waals surface area (Å²) in [5.74, 6) is 0.334. The summed E-state index contributed by atoms with van der Waals surface area (Å²) in [4.78, 5) is 10.7. The van der Waals surface area contributed by atoms with E-state index in [0.717, 1.165) is 36.4 Å². The minimum Gasteiger partial charge on any atom is -0.366 e. The van der Waals surface area contributed by atoms with Crippen LogP contribution in [0.25, 0.3) is 0 Å². The number of aliphatic hydroxyl groups is 1. The van der Waals surface area contributed by atoms with Gasteiger partial charge in [0.15, 0.2) is 10.9 Å². The van der Waals surface area contributed by atoms with Crippen molar-refractivity contribution in [3.63, 3.8) is 0 Å². The largest absolute Gasteiger partial charge is 0.366 e. The van der Waals surface area contributed by atoms with Gasteiger partial charge in [0.2, 0.25) is 10.0 Å². The van der Waals surface area contributed by atoms with Crippen molar-refractivity contribution in [1.82, 2.24) is 9.88 Å². The van der Waals surface area contributed by atoms with Gasteiger partial charge < -0.3 is 10.0 Å². The molecule has 7 nitrogen and oxygen atoms in total. The van der Waals surface area contributed by atoms with Gasteiger partial charge in [0.25, 0.3) is 0 Å². The van der Waals surface area contributed by atoms with Gasteiger partial charge in [-0.1, -0.05) is 54.8 Å². The summed E-state index contributed by atoms with van der Waals surface area (Å²) in [7, 11) is -4.02. The second kappa shape index (κ2) is 10.4. The van der Waals surface area contributed by atoms with Crippen LogP contribution in [-0.4, -0.2) is 40.4 Å². The molecule has 0 radical (unpaired) electrons. The highest BCUT2D eigenvalue weighted by atomic mass is 79.9. The number of benzene rings is 1. The first-order valence-corrected chi connectivity index (χ1v) is 13.1. The molecule has 174 valence electrons. The van der Waals surface area contributed by atoms with Crippen molar-refractivity contribution in [2.45, 2.75) is 55.3 Å². The molecule has 0 spiro atoms. The average molecular weight is 562 g/mol. The smallest absolute Gasteiger partial charge is 0.239 e. The molecule has 0 bridgehead atoms. The normalized spacial score (nSPS) is 23.3. The molecule has 32 heavy (non-hydrogen) atoms. The maximum atomic E-state index is 12.0. The van der Waals surface area contributed by atoms with Crippen molar-refractivity contribution in [2.75, 3.05) is 5.75 Å². The highest BCUT2D eigenvalue weighted by Gasteiger charge is 2.48. The van der Waals surface area contributed by atoms with Gasteiger partial charge in [-0.3, -0.25) is 9.98 Å². The lowest BCUT2D eigenvalue weighted by molar-refractivity contribution is -0.0736. The van der Waals surface area contributed by atoms with Gasteiger partial charge >= 0.3 is 0 Å². The lowest BCUT2D eigenvalue weighted by atomic mass is 9.91. The SMILES string of the molecule is Br.NS(=O)(=O)c1cc(C2(O)CSC(=NCc3cccnc3)N2C2CCCCC2)ccc1Cl. The van der Waals surface area contributed by atoms with Gasteiger partial charge in [0, 0.05) is 24.0 Å². The number of pyridine rings is 1. The third-order valence-electron chi connectivity index (χ3n) is 5.77. The summed E-state index contributed by atoms with van der Waals surface area (Å²) in [6, 6.07) is 8.48. The first kappa shape index (κ1) is 25.5. The Morgan fingerprint density at radius 3 is 2.69 bits per heavy atom. The van der Waals surface area contributed by atoms with Crippen molar-refractivity contribution in [3.8, 4) is 0 Å². The Morgan fingerprint density at radius 2 is 2.03 bits per heavy atom. The molecule has 1 aliphatic carbocycles. The number of sulfonamides is 1. The highest BCUT2D eigenvalue weighted by molar-refractivity contribution is 8.93. The van der Waals surface area contributed by atoms with Crippen molar-refractivity contribution in [3.05, 3.63) is 58.9 Å². The molecule has 1 atom stereocenters. The molecule has 1 aromatic heterocycles. The summed E-state index contributed by atoms with van der Waals surface area (Å²) in [6.45, 7) is 0.457. The van der Waals surface area contributed by atoms with E-state index < -0.39 is 15.7 Å². The number of aromatic nitrogens is 1. The second-order valence-corrected chi connectivity index (χ2v) is 10.8. The molecule has 11 heteroatoms. The summed E-state index contributed by atoms with van der Waals surface area (Å²) >= 11 is 7.55. The number of nitrogens with zero attached hydrogens (tertiary/aromatic N) is 3. The van der Waals surface area contributed by atoms with E-state index in [9.17, 15) is 13.5 Å². The molecular weight excluding hydrogens is 536 g/mol. The molecule has 1 aliphatic heterocycles. The van der Waals surface area contributed by atoms with Crippen molar-refractivity contribution >= 4 is 55.5 Å². The van der Waals surface area contributed by atoms with Crippen LogP contribution in [-0.2, 0) is 22.3 Å². The third kappa shape index (κ3) is 5.31. The van der Waals surface area contributed by atoms with Crippen LogP contribution in [0, 0.1) is 0 Å². The van der Waals surface area contributed by atoms with Crippen LogP contribution >= 0.6 is 40.3 Å². The van der Waals surface area contributed by atoms with Crippen molar-refractivity contribution in [1.29, 1.82) is 0 Å². The van der Waals surface area contributed by atoms with E-state index >= 15 is 0 Å². The summed E-state index contributed by atoms with van der Waals surface area (Å²) in [5.41, 5.74) is 0.0352. The van der Waals surface area contributed by atoms with E-state index in [0.29, 0.717) is 17.9 Å². The molecule has 3 N–H and O–H groups in total. The summed E-state index contributed by atoms with van der Waals surface area (Å²) in [5, 5.41) is 18.0.